The van der Waals surface area contributed by atoms with Gasteiger partial charge in [0.15, 0.2) is 6.54 Å². The van der Waals surface area contributed by atoms with Gasteiger partial charge in [-0.1, -0.05) is 4.68 Å². The molecule has 0 aliphatic carbocycles. The first-order valence-corrected chi connectivity index (χ1v) is 1.90. The highest BCUT2D eigenvalue weighted by molar-refractivity contribution is 5.62. The molecule has 0 saturated carbocycles. The molecule has 0 amide bonds. The van der Waals surface area contributed by atoms with E-state index < -0.39 is 0 Å². The van der Waals surface area contributed by atoms with Gasteiger partial charge in [-0.25, -0.2) is 0 Å². The second kappa shape index (κ2) is 1.64. The molecule has 3 nitrogen and oxygen atoms in total. The zero-order valence-corrected chi connectivity index (χ0v) is 3.68. The summed E-state index contributed by atoms with van der Waals surface area (Å²) in [4.78, 5) is 0. The Balaban J connectivity index is 2.58. The molecule has 0 unspecified atom stereocenters. The lowest BCUT2D eigenvalue weighted by Crippen LogP contribution is -2.15. The molecule has 3 heteroatoms. The van der Waals surface area contributed by atoms with Crippen LogP contribution in [-0.2, 0) is 0 Å². The highest BCUT2D eigenvalue weighted by atomic mass is 15.3. The van der Waals surface area contributed by atoms with Gasteiger partial charge in [0.2, 0.25) is 12.4 Å². The van der Waals surface area contributed by atoms with Crippen LogP contribution in [0.25, 0.3) is 0 Å². The van der Waals surface area contributed by atoms with Gasteiger partial charge in [0.1, 0.15) is 0 Å². The van der Waals surface area contributed by atoms with Gasteiger partial charge in [0, 0.05) is 0 Å². The molecule has 0 fully saturated rings. The third kappa shape index (κ3) is 0.924. The largest absolute Gasteiger partial charge is 0.367 e. The smallest absolute Gasteiger partial charge is 0.216 e. The van der Waals surface area contributed by atoms with Crippen LogP contribution in [0.4, 0.5) is 0 Å². The quantitative estimate of drug-likeness (QED) is 0.400. The number of nitrogens with one attached hydrogen (secondary N) is 2. The average Bonchev–Trinajstić information content (AvgIpc) is 1.69. The van der Waals surface area contributed by atoms with E-state index in [0.717, 1.165) is 4.68 Å². The first-order valence-electron chi connectivity index (χ1n) is 1.90. The second-order valence-electron chi connectivity index (χ2n) is 1.14. The topological polar surface area (TPSA) is 38.8 Å². The van der Waals surface area contributed by atoms with Crippen LogP contribution in [0.5, 0.6) is 0 Å². The van der Waals surface area contributed by atoms with Crippen molar-refractivity contribution in [1.29, 1.82) is 0 Å². The minimum Gasteiger partial charge on any atom is -0.367 e. The maximum atomic E-state index is 6.86. The van der Waals surface area contributed by atoms with E-state index in [4.69, 9.17) is 5.84 Å². The van der Waals surface area contributed by atoms with Crippen LogP contribution >= 0.6 is 0 Å². The number of hydrogen-bond donors (Lipinski definition) is 1. The molecule has 1 rings (SSSR count). The normalized spacial score (nSPS) is 18.0. The van der Waals surface area contributed by atoms with Crippen LogP contribution in [0.1, 0.15) is 0 Å². The number of hydrogen-bond acceptors (Lipinski definition) is 1. The van der Waals surface area contributed by atoms with Gasteiger partial charge in [-0.3, -0.25) is 0 Å². The first-order chi connectivity index (χ1) is 3.39. The van der Waals surface area contributed by atoms with Crippen LogP contribution in [0.3, 0.4) is 0 Å². The molecule has 0 saturated heterocycles. The van der Waals surface area contributed by atoms with E-state index in [1.807, 2.05) is 0 Å². The van der Waals surface area contributed by atoms with E-state index in [1.54, 1.807) is 12.4 Å². The van der Waals surface area contributed by atoms with E-state index >= 15 is 0 Å². The van der Waals surface area contributed by atoms with Crippen molar-refractivity contribution in [1.82, 2.24) is 11.2 Å². The molecule has 0 aromatic heterocycles. The summed E-state index contributed by atoms with van der Waals surface area (Å²) in [6, 6.07) is 0. The predicted molar refractivity (Wildman–Crippen MR) is 24.9 cm³/mol. The summed E-state index contributed by atoms with van der Waals surface area (Å²) in [7, 11) is 0. The van der Waals surface area contributed by atoms with Crippen molar-refractivity contribution in [3.05, 3.63) is 18.9 Å². The Morgan fingerprint density at radius 2 is 2.57 bits per heavy atom. The maximum absolute atomic E-state index is 6.86. The van der Waals surface area contributed by atoms with Crippen LogP contribution < -0.4 is 11.2 Å². The molecule has 1 aliphatic rings. The van der Waals surface area contributed by atoms with Crippen molar-refractivity contribution in [3.8, 4) is 0 Å². The summed E-state index contributed by atoms with van der Waals surface area (Å²) in [5.74, 6) is 6.86. The predicted octanol–water partition coefficient (Wildman–Crippen LogP) is -0.619. The van der Waals surface area contributed by atoms with E-state index in [-0.39, 0.29) is 0 Å². The van der Waals surface area contributed by atoms with Crippen molar-refractivity contribution in [2.24, 2.45) is 0 Å². The Kier molecular flexibility index (Phi) is 0.978. The third-order valence-corrected chi connectivity index (χ3v) is 0.605. The molecular weight excluding hydrogens is 90.1 g/mol. The summed E-state index contributed by atoms with van der Waals surface area (Å²) < 4.78 is 1.16. The fourth-order valence-corrected chi connectivity index (χ4v) is 0.316. The summed E-state index contributed by atoms with van der Waals surface area (Å²) in [5, 5.41) is 2.67. The zero-order valence-electron chi connectivity index (χ0n) is 3.68. The lowest BCUT2D eigenvalue weighted by Gasteiger charge is -1.90. The molecule has 0 atom stereocenters. The molecule has 0 spiro atoms. The molecule has 3 radical (unpaired) electrons. The van der Waals surface area contributed by atoms with E-state index in [1.165, 1.54) is 6.21 Å². The van der Waals surface area contributed by atoms with Gasteiger partial charge < -0.3 is 5.32 Å². The summed E-state index contributed by atoms with van der Waals surface area (Å²) in [6.45, 7) is 2.61. The van der Waals surface area contributed by atoms with Gasteiger partial charge in [-0.2, -0.15) is 0 Å². The Morgan fingerprint density at radius 1 is 1.71 bits per heavy atom. The minimum absolute atomic E-state index is 1.16. The summed E-state index contributed by atoms with van der Waals surface area (Å²) >= 11 is 0. The molecule has 7 heavy (non-hydrogen) atoms. The molecule has 35 valence electrons. The van der Waals surface area contributed by atoms with Gasteiger partial charge >= 0.3 is 0 Å². The van der Waals surface area contributed by atoms with Crippen molar-refractivity contribution in [3.63, 3.8) is 0 Å². The number of nitrogens with zero attached hydrogens (tertiary/aromatic N) is 1. The van der Waals surface area contributed by atoms with Crippen molar-refractivity contribution >= 4 is 6.21 Å². The lowest BCUT2D eigenvalue weighted by molar-refractivity contribution is -0.479. The Labute approximate surface area is 42.1 Å². The zero-order chi connectivity index (χ0) is 5.11. The van der Waals surface area contributed by atoms with Crippen LogP contribution in [-0.4, -0.2) is 10.9 Å². The summed E-state index contributed by atoms with van der Waals surface area (Å²) in [5.41, 5.74) is 0. The van der Waals surface area contributed by atoms with Crippen molar-refractivity contribution in [2.45, 2.75) is 0 Å². The standard InChI is InChI=1S/C4H5N3/c5-7-3-1-6-2-4-7/h1,3-6H/q+1. The molecular formula is C4H5N3+. The monoisotopic (exact) mass is 95.0 g/mol. The Bertz CT molecular complexity index is 114. The minimum atomic E-state index is 1.16. The molecule has 2 N–H and O–H groups in total. The van der Waals surface area contributed by atoms with Gasteiger partial charge in [-0.15, -0.1) is 0 Å². The first kappa shape index (κ1) is 4.18. The molecule has 0 aromatic carbocycles. The maximum Gasteiger partial charge on any atom is 0.216 e. The van der Waals surface area contributed by atoms with Gasteiger partial charge in [-0.05, 0) is 5.84 Å². The van der Waals surface area contributed by atoms with Gasteiger partial charge in [0.05, 0.1) is 6.20 Å². The Hall–Kier alpha value is -0.990. The number of rotatable bonds is 0. The molecule has 0 aromatic rings. The van der Waals surface area contributed by atoms with Crippen LogP contribution in [0, 0.1) is 6.54 Å². The fraction of sp³-hybridized carbons (Fsp3) is 0. The molecule has 1 heterocycles. The molecule has 0 bridgehead atoms. The highest BCUT2D eigenvalue weighted by Gasteiger charge is 1.96. The van der Waals surface area contributed by atoms with Crippen LogP contribution in [0.2, 0.25) is 0 Å². The SMILES string of the molecule is [NH][N+]1=C[C]NC=C1. The second-order valence-corrected chi connectivity index (χ2v) is 1.14. The van der Waals surface area contributed by atoms with Crippen LogP contribution in [0.15, 0.2) is 12.4 Å². The summed E-state index contributed by atoms with van der Waals surface area (Å²) in [6.07, 6.45) is 4.70. The van der Waals surface area contributed by atoms with Crippen molar-refractivity contribution < 1.29 is 4.68 Å². The Morgan fingerprint density at radius 3 is 2.86 bits per heavy atom. The van der Waals surface area contributed by atoms with E-state index in [0.29, 0.717) is 0 Å². The molecule has 1 aliphatic heterocycles. The highest BCUT2D eigenvalue weighted by Crippen LogP contribution is 1.75. The van der Waals surface area contributed by atoms with E-state index in [2.05, 4.69) is 11.9 Å². The van der Waals surface area contributed by atoms with Crippen molar-refractivity contribution in [2.75, 3.05) is 0 Å². The third-order valence-electron chi connectivity index (χ3n) is 0.605. The average molecular weight is 95.1 g/mol. The van der Waals surface area contributed by atoms with E-state index in [9.17, 15) is 0 Å². The lowest BCUT2D eigenvalue weighted by atomic mass is 10.6. The fourth-order valence-electron chi connectivity index (χ4n) is 0.316. The van der Waals surface area contributed by atoms with Gasteiger partial charge in [0.25, 0.3) is 0 Å².